The van der Waals surface area contributed by atoms with Crippen molar-refractivity contribution in [1.29, 1.82) is 0 Å². The zero-order valence-electron chi connectivity index (χ0n) is 20.7. The fraction of sp³-hybridized carbons (Fsp3) is 0.481. The summed E-state index contributed by atoms with van der Waals surface area (Å²) in [7, 11) is 0. The van der Waals surface area contributed by atoms with Crippen LogP contribution in [0.2, 0.25) is 0 Å². The van der Waals surface area contributed by atoms with Crippen LogP contribution in [0.25, 0.3) is 11.2 Å². The Kier molecular flexibility index (Phi) is 5.67. The number of aromatic amines is 2. The number of fused-ring (bicyclic) bond motifs is 1. The molecule has 1 aliphatic heterocycles. The summed E-state index contributed by atoms with van der Waals surface area (Å²) in [5.41, 5.74) is 3.82. The van der Waals surface area contributed by atoms with Crippen LogP contribution in [0.5, 0.6) is 0 Å². The second-order valence-corrected chi connectivity index (χ2v) is 10.8. The molecule has 1 aromatic carbocycles. The van der Waals surface area contributed by atoms with Crippen molar-refractivity contribution >= 4 is 23.0 Å². The Hall–Kier alpha value is -3.46. The van der Waals surface area contributed by atoms with E-state index in [0.29, 0.717) is 28.6 Å². The van der Waals surface area contributed by atoms with Crippen molar-refractivity contribution in [1.82, 2.24) is 29.7 Å². The molecule has 2 bridgehead atoms. The molecule has 0 spiro atoms. The summed E-state index contributed by atoms with van der Waals surface area (Å²) in [6, 6.07) is 9.29. The molecule has 9 heteroatoms. The zero-order chi connectivity index (χ0) is 24.9. The first-order valence-corrected chi connectivity index (χ1v) is 12.9. The topological polar surface area (TPSA) is 110 Å². The maximum Gasteiger partial charge on any atom is 0.325 e. The van der Waals surface area contributed by atoms with Crippen molar-refractivity contribution in [2.45, 2.75) is 44.7 Å². The number of imidazole rings is 1. The first-order valence-electron chi connectivity index (χ1n) is 12.9. The highest BCUT2D eigenvalue weighted by atomic mass is 16.2. The molecule has 9 nitrogen and oxygen atoms in total. The van der Waals surface area contributed by atoms with Crippen molar-refractivity contribution in [3.8, 4) is 0 Å². The van der Waals surface area contributed by atoms with Gasteiger partial charge in [-0.1, -0.05) is 30.8 Å². The summed E-state index contributed by atoms with van der Waals surface area (Å²) in [4.78, 5) is 42.1. The quantitative estimate of drug-likeness (QED) is 0.420. The minimum atomic E-state index is -0.290. The fourth-order valence-corrected chi connectivity index (χ4v) is 6.34. The number of anilines is 1. The Morgan fingerprint density at radius 2 is 1.86 bits per heavy atom. The van der Waals surface area contributed by atoms with Crippen LogP contribution in [-0.2, 0) is 4.79 Å². The molecule has 3 aliphatic carbocycles. The molecule has 2 aromatic heterocycles. The van der Waals surface area contributed by atoms with Gasteiger partial charge in [-0.05, 0) is 61.1 Å². The molecular weight excluding hydrogens is 454 g/mol. The Morgan fingerprint density at radius 3 is 2.50 bits per heavy atom. The lowest BCUT2D eigenvalue weighted by Crippen LogP contribution is -2.55. The van der Waals surface area contributed by atoms with Gasteiger partial charge in [0.05, 0.1) is 12.2 Å². The lowest BCUT2D eigenvalue weighted by molar-refractivity contribution is -0.134. The van der Waals surface area contributed by atoms with Gasteiger partial charge in [0.15, 0.2) is 5.65 Å². The molecule has 1 amide bonds. The number of nitrogens with one attached hydrogen (secondary N) is 3. The maximum atomic E-state index is 12.1. The Morgan fingerprint density at radius 1 is 1.17 bits per heavy atom. The molecule has 1 unspecified atom stereocenters. The fourth-order valence-electron chi connectivity index (χ4n) is 6.34. The zero-order valence-corrected chi connectivity index (χ0v) is 20.7. The first kappa shape index (κ1) is 23.0. The van der Waals surface area contributed by atoms with E-state index in [1.807, 2.05) is 4.90 Å². The normalized spacial score (nSPS) is 25.0. The van der Waals surface area contributed by atoms with E-state index in [1.165, 1.54) is 37.3 Å². The molecule has 36 heavy (non-hydrogen) atoms. The Balaban J connectivity index is 1.16. The van der Waals surface area contributed by atoms with Gasteiger partial charge in [-0.15, -0.1) is 0 Å². The van der Waals surface area contributed by atoms with Crippen molar-refractivity contribution in [3.63, 3.8) is 0 Å². The number of H-pyrrole nitrogens is 2. The van der Waals surface area contributed by atoms with Crippen molar-refractivity contribution in [3.05, 3.63) is 64.7 Å². The molecular formula is C27H33N7O2. The van der Waals surface area contributed by atoms with E-state index in [-0.39, 0.29) is 17.6 Å². The summed E-state index contributed by atoms with van der Waals surface area (Å²) >= 11 is 0. The molecule has 4 fully saturated rings. The maximum absolute atomic E-state index is 12.1. The summed E-state index contributed by atoms with van der Waals surface area (Å²) < 4.78 is 0. The predicted octanol–water partition coefficient (Wildman–Crippen LogP) is 3.38. The van der Waals surface area contributed by atoms with Crippen molar-refractivity contribution in [2.75, 3.05) is 31.5 Å². The number of hydrogen-bond donors (Lipinski definition) is 3. The van der Waals surface area contributed by atoms with E-state index in [0.717, 1.165) is 37.7 Å². The minimum Gasteiger partial charge on any atom is -0.348 e. The van der Waals surface area contributed by atoms with Crippen molar-refractivity contribution < 1.29 is 4.79 Å². The van der Waals surface area contributed by atoms with Gasteiger partial charge in [0.2, 0.25) is 11.9 Å². The van der Waals surface area contributed by atoms with E-state index >= 15 is 0 Å². The van der Waals surface area contributed by atoms with E-state index in [9.17, 15) is 9.59 Å². The lowest BCUT2D eigenvalue weighted by Gasteiger charge is -2.64. The molecule has 7 rings (SSSR count). The number of hydrogen-bond acceptors (Lipinski definition) is 6. The molecule has 3 N–H and O–H groups in total. The van der Waals surface area contributed by atoms with Gasteiger partial charge in [-0.2, -0.15) is 4.98 Å². The third kappa shape index (κ3) is 4.21. The molecule has 3 saturated carbocycles. The third-order valence-electron chi connectivity index (χ3n) is 8.47. The molecule has 2 atom stereocenters. The number of carbonyl (C=O) groups excluding carboxylic acids is 1. The summed E-state index contributed by atoms with van der Waals surface area (Å²) in [6.07, 6.45) is 8.38. The van der Waals surface area contributed by atoms with E-state index in [1.54, 1.807) is 6.20 Å². The molecule has 4 aliphatic rings. The highest BCUT2D eigenvalue weighted by Crippen LogP contribution is 2.68. The minimum absolute atomic E-state index is 0.00619. The molecule has 188 valence electrons. The Bertz CT molecular complexity index is 1320. The third-order valence-corrected chi connectivity index (χ3v) is 8.47. The SMILES string of the molecule is C=CC(=O)N1CCN(C(CC23CC(C2)C3)c2ccc([C@H](C)Nc3ncc4[nH]c(=O)[nH]c4n3)cc2)CC1. The van der Waals surface area contributed by atoms with Gasteiger partial charge >= 0.3 is 5.69 Å². The largest absolute Gasteiger partial charge is 0.348 e. The van der Waals surface area contributed by atoms with Crippen LogP contribution in [-0.4, -0.2) is 61.8 Å². The van der Waals surface area contributed by atoms with Crippen LogP contribution in [0, 0.1) is 11.3 Å². The average molecular weight is 488 g/mol. The summed E-state index contributed by atoms with van der Waals surface area (Å²) in [5, 5.41) is 3.34. The summed E-state index contributed by atoms with van der Waals surface area (Å²) in [5.74, 6) is 1.47. The van der Waals surface area contributed by atoms with Crippen LogP contribution >= 0.6 is 0 Å². The van der Waals surface area contributed by atoms with E-state index in [4.69, 9.17) is 0 Å². The first-order chi connectivity index (χ1) is 17.4. The van der Waals surface area contributed by atoms with E-state index < -0.39 is 0 Å². The van der Waals surface area contributed by atoms with Gasteiger partial charge in [0, 0.05) is 32.2 Å². The van der Waals surface area contributed by atoms with Gasteiger partial charge in [0.1, 0.15) is 5.52 Å². The number of benzene rings is 1. The number of carbonyl (C=O) groups is 1. The van der Waals surface area contributed by atoms with Gasteiger partial charge in [-0.25, -0.2) is 9.78 Å². The predicted molar refractivity (Wildman–Crippen MR) is 138 cm³/mol. The highest BCUT2D eigenvalue weighted by Gasteiger charge is 2.57. The highest BCUT2D eigenvalue weighted by molar-refractivity contribution is 5.87. The molecule has 0 radical (unpaired) electrons. The van der Waals surface area contributed by atoms with Crippen LogP contribution in [0.4, 0.5) is 5.95 Å². The van der Waals surface area contributed by atoms with Crippen LogP contribution in [0.1, 0.15) is 55.8 Å². The standard InChI is InChI=1S/C27H33N7O2/c1-3-23(35)34-10-8-33(9-11-34)22(15-27-12-18(13-27)14-27)20-6-4-19(5-7-20)17(2)29-25-28-16-21-24(31-25)32-26(36)30-21/h3-7,16-18,22H,1,8-15H2,2H3,(H3,28,29,30,31,32,36)/t17-,18?,22?,27?/m0/s1. The number of amides is 1. The van der Waals surface area contributed by atoms with E-state index in [2.05, 4.69) is 67.9 Å². The molecule has 3 heterocycles. The van der Waals surface area contributed by atoms with Crippen LogP contribution < -0.4 is 11.0 Å². The van der Waals surface area contributed by atoms with Crippen LogP contribution in [0.3, 0.4) is 0 Å². The number of aromatic nitrogens is 4. The smallest absolute Gasteiger partial charge is 0.325 e. The number of piperazine rings is 1. The lowest BCUT2D eigenvalue weighted by atomic mass is 9.42. The number of rotatable bonds is 8. The monoisotopic (exact) mass is 487 g/mol. The second kappa shape index (κ2) is 8.89. The van der Waals surface area contributed by atoms with Crippen molar-refractivity contribution in [2.24, 2.45) is 11.3 Å². The van der Waals surface area contributed by atoms with Gasteiger partial charge in [0.25, 0.3) is 0 Å². The second-order valence-electron chi connectivity index (χ2n) is 10.8. The molecule has 3 aromatic rings. The number of nitrogens with zero attached hydrogens (tertiary/aromatic N) is 4. The molecule has 1 saturated heterocycles. The van der Waals surface area contributed by atoms with Gasteiger partial charge in [-0.3, -0.25) is 14.7 Å². The van der Waals surface area contributed by atoms with Gasteiger partial charge < -0.3 is 15.2 Å². The van der Waals surface area contributed by atoms with Crippen LogP contribution in [0.15, 0.2) is 47.9 Å². The Labute approximate surface area is 210 Å². The average Bonchev–Trinajstić information content (AvgIpc) is 3.22. The summed E-state index contributed by atoms with van der Waals surface area (Å²) in [6.45, 7) is 9.02.